The summed E-state index contributed by atoms with van der Waals surface area (Å²) < 4.78 is 35.7. The van der Waals surface area contributed by atoms with Crippen LogP contribution in [0.15, 0.2) is 0 Å². The summed E-state index contributed by atoms with van der Waals surface area (Å²) in [4.78, 5) is 22.0. The van der Waals surface area contributed by atoms with Crippen LogP contribution < -0.4 is 5.32 Å². The van der Waals surface area contributed by atoms with Crippen molar-refractivity contribution in [3.8, 4) is 0 Å². The van der Waals surface area contributed by atoms with Gasteiger partial charge in [0.2, 0.25) is 0 Å². The molecular formula is C8H13F3N2O3. The highest BCUT2D eigenvalue weighted by atomic mass is 19.4. The lowest BCUT2D eigenvalue weighted by molar-refractivity contribution is -0.139. The van der Waals surface area contributed by atoms with Crippen LogP contribution in [0.2, 0.25) is 0 Å². The summed E-state index contributed by atoms with van der Waals surface area (Å²) in [6, 6.07) is -2.24. The van der Waals surface area contributed by atoms with Gasteiger partial charge >= 0.3 is 18.2 Å². The Morgan fingerprint density at radius 3 is 2.25 bits per heavy atom. The van der Waals surface area contributed by atoms with Crippen molar-refractivity contribution in [2.75, 3.05) is 13.6 Å². The Labute approximate surface area is 90.2 Å². The number of aliphatic carboxylic acids is 1. The van der Waals surface area contributed by atoms with Crippen LogP contribution in [0.25, 0.3) is 0 Å². The summed E-state index contributed by atoms with van der Waals surface area (Å²) in [5.41, 5.74) is 0. The quantitative estimate of drug-likeness (QED) is 0.774. The number of hydrogen-bond donors (Lipinski definition) is 2. The standard InChI is InChI=1S/C8H13F3N2O3/c1-3-5(6(14)15)12-7(16)13(2)4-8(9,10)11/h5H,3-4H2,1-2H3,(H,12,16)(H,14,15). The van der Waals surface area contributed by atoms with E-state index in [1.165, 1.54) is 6.92 Å². The van der Waals surface area contributed by atoms with Crippen LogP contribution in [-0.2, 0) is 4.79 Å². The first-order chi connectivity index (χ1) is 7.17. The van der Waals surface area contributed by atoms with Gasteiger partial charge in [0.1, 0.15) is 12.6 Å². The summed E-state index contributed by atoms with van der Waals surface area (Å²) in [6.07, 6.45) is -4.40. The number of nitrogens with one attached hydrogen (secondary N) is 1. The van der Waals surface area contributed by atoms with E-state index in [0.717, 1.165) is 7.05 Å². The first-order valence-electron chi connectivity index (χ1n) is 4.48. The van der Waals surface area contributed by atoms with E-state index in [2.05, 4.69) is 0 Å². The third-order valence-corrected chi connectivity index (χ3v) is 1.77. The zero-order valence-corrected chi connectivity index (χ0v) is 8.84. The Balaban J connectivity index is 4.29. The van der Waals surface area contributed by atoms with Crippen LogP contribution in [0, 0.1) is 0 Å². The predicted octanol–water partition coefficient (Wildman–Crippen LogP) is 1.05. The van der Waals surface area contributed by atoms with Crippen molar-refractivity contribution in [1.29, 1.82) is 0 Å². The average Bonchev–Trinajstić information content (AvgIpc) is 2.10. The fraction of sp³-hybridized carbons (Fsp3) is 0.750. The fourth-order valence-electron chi connectivity index (χ4n) is 0.938. The molecule has 0 aliphatic heterocycles. The first kappa shape index (κ1) is 14.5. The molecule has 0 aliphatic rings. The van der Waals surface area contributed by atoms with Gasteiger partial charge < -0.3 is 15.3 Å². The molecule has 0 aromatic heterocycles. The van der Waals surface area contributed by atoms with Crippen LogP contribution in [-0.4, -0.2) is 47.8 Å². The molecule has 94 valence electrons. The largest absolute Gasteiger partial charge is 0.480 e. The smallest absolute Gasteiger partial charge is 0.406 e. The summed E-state index contributed by atoms with van der Waals surface area (Å²) in [6.45, 7) is 0.0811. The highest BCUT2D eigenvalue weighted by Crippen LogP contribution is 2.15. The number of urea groups is 1. The van der Waals surface area contributed by atoms with Gasteiger partial charge in [-0.05, 0) is 6.42 Å². The summed E-state index contributed by atoms with van der Waals surface area (Å²) in [5.74, 6) is -1.28. The molecule has 0 aromatic carbocycles. The van der Waals surface area contributed by atoms with Crippen molar-refractivity contribution in [2.45, 2.75) is 25.6 Å². The van der Waals surface area contributed by atoms with E-state index in [1.807, 2.05) is 5.32 Å². The minimum atomic E-state index is -4.50. The number of carboxylic acid groups (broad SMARTS) is 1. The maximum atomic E-state index is 11.9. The van der Waals surface area contributed by atoms with E-state index in [0.29, 0.717) is 4.90 Å². The second-order valence-corrected chi connectivity index (χ2v) is 3.22. The van der Waals surface area contributed by atoms with Crippen molar-refractivity contribution >= 4 is 12.0 Å². The molecule has 0 fully saturated rings. The van der Waals surface area contributed by atoms with Crippen LogP contribution in [0.5, 0.6) is 0 Å². The molecule has 1 unspecified atom stereocenters. The Hall–Kier alpha value is -1.47. The van der Waals surface area contributed by atoms with Gasteiger partial charge in [-0.25, -0.2) is 9.59 Å². The molecule has 0 rings (SSSR count). The number of carbonyl (C=O) groups is 2. The molecule has 0 heterocycles. The molecule has 8 heteroatoms. The Morgan fingerprint density at radius 1 is 1.44 bits per heavy atom. The molecule has 1 atom stereocenters. The average molecular weight is 242 g/mol. The molecule has 0 saturated carbocycles. The monoisotopic (exact) mass is 242 g/mol. The molecular weight excluding hydrogens is 229 g/mol. The summed E-state index contributed by atoms with van der Waals surface area (Å²) in [7, 11) is 0.942. The molecule has 0 spiro atoms. The van der Waals surface area contributed by atoms with Crippen LogP contribution in [0.1, 0.15) is 13.3 Å². The molecule has 16 heavy (non-hydrogen) atoms. The molecule has 0 radical (unpaired) electrons. The van der Waals surface area contributed by atoms with Gasteiger partial charge in [-0.15, -0.1) is 0 Å². The van der Waals surface area contributed by atoms with Crippen molar-refractivity contribution < 1.29 is 27.9 Å². The van der Waals surface area contributed by atoms with E-state index in [1.54, 1.807) is 0 Å². The first-order valence-corrected chi connectivity index (χ1v) is 4.48. The normalized spacial score (nSPS) is 13.1. The summed E-state index contributed by atoms with van der Waals surface area (Å²) in [5, 5.41) is 10.6. The Bertz CT molecular complexity index is 268. The lowest BCUT2D eigenvalue weighted by atomic mass is 10.2. The third-order valence-electron chi connectivity index (χ3n) is 1.77. The van der Waals surface area contributed by atoms with Crippen LogP contribution >= 0.6 is 0 Å². The Morgan fingerprint density at radius 2 is 1.94 bits per heavy atom. The number of halogens is 3. The Kier molecular flexibility index (Phi) is 5.06. The van der Waals surface area contributed by atoms with Crippen molar-refractivity contribution in [1.82, 2.24) is 10.2 Å². The maximum absolute atomic E-state index is 11.9. The van der Waals surface area contributed by atoms with E-state index in [9.17, 15) is 22.8 Å². The van der Waals surface area contributed by atoms with Gasteiger partial charge in [-0.3, -0.25) is 0 Å². The second-order valence-electron chi connectivity index (χ2n) is 3.22. The van der Waals surface area contributed by atoms with Gasteiger partial charge in [-0.2, -0.15) is 13.2 Å². The minimum absolute atomic E-state index is 0.0981. The van der Waals surface area contributed by atoms with Crippen LogP contribution in [0.4, 0.5) is 18.0 Å². The zero-order valence-electron chi connectivity index (χ0n) is 8.84. The SMILES string of the molecule is CCC(NC(=O)N(C)CC(F)(F)F)C(=O)O. The molecule has 2 N–H and O–H groups in total. The van der Waals surface area contributed by atoms with E-state index in [-0.39, 0.29) is 6.42 Å². The van der Waals surface area contributed by atoms with Gasteiger partial charge in [0.15, 0.2) is 0 Å². The highest BCUT2D eigenvalue weighted by Gasteiger charge is 2.32. The molecule has 0 bridgehead atoms. The number of rotatable bonds is 4. The lowest BCUT2D eigenvalue weighted by Gasteiger charge is -2.21. The highest BCUT2D eigenvalue weighted by molar-refractivity contribution is 5.82. The van der Waals surface area contributed by atoms with Gasteiger partial charge in [-0.1, -0.05) is 6.92 Å². The van der Waals surface area contributed by atoms with Gasteiger partial charge in [0.25, 0.3) is 0 Å². The predicted molar refractivity (Wildman–Crippen MR) is 48.9 cm³/mol. The van der Waals surface area contributed by atoms with Gasteiger partial charge in [0.05, 0.1) is 0 Å². The third kappa shape index (κ3) is 5.42. The zero-order chi connectivity index (χ0) is 12.9. The molecule has 2 amide bonds. The fourth-order valence-corrected chi connectivity index (χ4v) is 0.938. The molecule has 0 aliphatic carbocycles. The molecule has 0 saturated heterocycles. The van der Waals surface area contributed by atoms with E-state index in [4.69, 9.17) is 5.11 Å². The number of carbonyl (C=O) groups excluding carboxylic acids is 1. The lowest BCUT2D eigenvalue weighted by Crippen LogP contribution is -2.48. The van der Waals surface area contributed by atoms with Gasteiger partial charge in [0, 0.05) is 7.05 Å². The second kappa shape index (κ2) is 5.57. The number of nitrogens with zero attached hydrogens (tertiary/aromatic N) is 1. The maximum Gasteiger partial charge on any atom is 0.406 e. The minimum Gasteiger partial charge on any atom is -0.480 e. The molecule has 0 aromatic rings. The number of hydrogen-bond acceptors (Lipinski definition) is 2. The topological polar surface area (TPSA) is 69.6 Å². The van der Waals surface area contributed by atoms with Crippen LogP contribution in [0.3, 0.4) is 0 Å². The van der Waals surface area contributed by atoms with Crippen molar-refractivity contribution in [3.05, 3.63) is 0 Å². The number of amides is 2. The number of alkyl halides is 3. The number of carboxylic acids is 1. The van der Waals surface area contributed by atoms with E-state index >= 15 is 0 Å². The van der Waals surface area contributed by atoms with E-state index < -0.39 is 30.8 Å². The van der Waals surface area contributed by atoms with Crippen molar-refractivity contribution in [3.63, 3.8) is 0 Å². The molecule has 5 nitrogen and oxygen atoms in total. The van der Waals surface area contributed by atoms with Crippen molar-refractivity contribution in [2.24, 2.45) is 0 Å². The summed E-state index contributed by atoms with van der Waals surface area (Å²) >= 11 is 0.